The zero-order valence-corrected chi connectivity index (χ0v) is 24.3. The Morgan fingerprint density at radius 3 is 2.41 bits per heavy atom. The van der Waals surface area contributed by atoms with Gasteiger partial charge in [0, 0.05) is 23.2 Å². The third kappa shape index (κ3) is 7.28. The van der Waals surface area contributed by atoms with E-state index < -0.39 is 18.1 Å². The van der Waals surface area contributed by atoms with Crippen LogP contribution in [-0.4, -0.2) is 55.5 Å². The van der Waals surface area contributed by atoms with Gasteiger partial charge in [-0.3, -0.25) is 0 Å². The van der Waals surface area contributed by atoms with Crippen molar-refractivity contribution in [2.45, 2.75) is 69.8 Å². The first-order valence-electron chi connectivity index (χ1n) is 13.9. The molecule has 0 radical (unpaired) electrons. The van der Waals surface area contributed by atoms with Crippen LogP contribution in [0.5, 0.6) is 5.75 Å². The number of alkyl halides is 3. The topological polar surface area (TPSA) is 65.2 Å². The monoisotopic (exact) mass is 565 g/mol. The van der Waals surface area contributed by atoms with Crippen LogP contribution in [0.15, 0.2) is 42.5 Å². The number of hydrogen-bond acceptors (Lipinski definition) is 5. The van der Waals surface area contributed by atoms with Gasteiger partial charge in [-0.1, -0.05) is 18.1 Å². The van der Waals surface area contributed by atoms with Gasteiger partial charge in [0.05, 0.1) is 42.0 Å². The minimum Gasteiger partial charge on any atom is -0.495 e. The summed E-state index contributed by atoms with van der Waals surface area (Å²) in [6.45, 7) is 2.74. The minimum atomic E-state index is -4.39. The van der Waals surface area contributed by atoms with Crippen molar-refractivity contribution in [3.05, 3.63) is 53.7 Å². The summed E-state index contributed by atoms with van der Waals surface area (Å²) in [5.74, 6) is 6.50. The zero-order valence-electron chi connectivity index (χ0n) is 24.3. The van der Waals surface area contributed by atoms with E-state index in [-0.39, 0.29) is 12.6 Å². The molecule has 0 spiro atoms. The largest absolute Gasteiger partial charge is 0.495 e. The SMILES string of the molecule is COc1cc(C(C)(C)C#N)ccc1NCC#Cc1cc2c(N[C@H]3CC[C@@H](N(C)C)CC3)cccc2n1CC(F)(F)F. The number of benzene rings is 2. The summed E-state index contributed by atoms with van der Waals surface area (Å²) in [5.41, 5.74) is 2.48. The molecule has 0 saturated heterocycles. The minimum absolute atomic E-state index is 0.200. The van der Waals surface area contributed by atoms with Crippen LogP contribution in [0.2, 0.25) is 0 Å². The number of aromatic nitrogens is 1. The lowest BCUT2D eigenvalue weighted by Gasteiger charge is -2.33. The maximum atomic E-state index is 13.6. The number of nitriles is 1. The van der Waals surface area contributed by atoms with Gasteiger partial charge >= 0.3 is 6.18 Å². The summed E-state index contributed by atoms with van der Waals surface area (Å²) in [4.78, 5) is 2.26. The van der Waals surface area contributed by atoms with E-state index in [2.05, 4.69) is 47.5 Å². The molecule has 1 aliphatic carbocycles. The van der Waals surface area contributed by atoms with E-state index >= 15 is 0 Å². The van der Waals surface area contributed by atoms with Crippen molar-refractivity contribution in [2.24, 2.45) is 0 Å². The molecule has 218 valence electrons. The van der Waals surface area contributed by atoms with E-state index in [1.165, 1.54) is 4.57 Å². The van der Waals surface area contributed by atoms with Crippen LogP contribution < -0.4 is 15.4 Å². The van der Waals surface area contributed by atoms with Crippen molar-refractivity contribution in [1.82, 2.24) is 9.47 Å². The molecule has 2 aromatic carbocycles. The van der Waals surface area contributed by atoms with Crippen LogP contribution in [0.3, 0.4) is 0 Å². The molecule has 1 saturated carbocycles. The summed E-state index contributed by atoms with van der Waals surface area (Å²) >= 11 is 0. The first-order valence-corrected chi connectivity index (χ1v) is 13.9. The van der Waals surface area contributed by atoms with Crippen LogP contribution in [0.4, 0.5) is 24.5 Å². The fourth-order valence-electron chi connectivity index (χ4n) is 5.38. The second-order valence-corrected chi connectivity index (χ2v) is 11.4. The number of rotatable bonds is 8. The Morgan fingerprint density at radius 2 is 1.78 bits per heavy atom. The molecule has 0 amide bonds. The van der Waals surface area contributed by atoms with Gasteiger partial charge in [0.15, 0.2) is 0 Å². The van der Waals surface area contributed by atoms with Crippen molar-refractivity contribution >= 4 is 22.3 Å². The van der Waals surface area contributed by atoms with E-state index in [1.807, 2.05) is 38.1 Å². The first kappa shape index (κ1) is 30.1. The van der Waals surface area contributed by atoms with Crippen LogP contribution in [0, 0.1) is 23.2 Å². The van der Waals surface area contributed by atoms with E-state index in [0.717, 1.165) is 42.3 Å². The van der Waals surface area contributed by atoms with Crippen LogP contribution in [0.1, 0.15) is 50.8 Å². The molecule has 3 aromatic rings. The number of nitrogens with one attached hydrogen (secondary N) is 2. The number of ether oxygens (including phenoxy) is 1. The highest BCUT2D eigenvalue weighted by molar-refractivity contribution is 5.94. The second-order valence-electron chi connectivity index (χ2n) is 11.4. The molecule has 41 heavy (non-hydrogen) atoms. The van der Waals surface area contributed by atoms with E-state index in [1.54, 1.807) is 25.3 Å². The molecule has 1 fully saturated rings. The van der Waals surface area contributed by atoms with Gasteiger partial charge in [0.1, 0.15) is 12.3 Å². The van der Waals surface area contributed by atoms with Gasteiger partial charge < -0.3 is 24.8 Å². The first-order chi connectivity index (χ1) is 19.4. The lowest BCUT2D eigenvalue weighted by atomic mass is 9.86. The van der Waals surface area contributed by atoms with Crippen LogP contribution in [0.25, 0.3) is 10.9 Å². The third-order valence-electron chi connectivity index (χ3n) is 7.86. The van der Waals surface area contributed by atoms with Gasteiger partial charge in [-0.05, 0) is 95.4 Å². The summed E-state index contributed by atoms with van der Waals surface area (Å²) in [7, 11) is 5.75. The van der Waals surface area contributed by atoms with Crippen molar-refractivity contribution < 1.29 is 17.9 Å². The molecule has 9 heteroatoms. The van der Waals surface area contributed by atoms with E-state index in [0.29, 0.717) is 28.7 Å². The third-order valence-corrected chi connectivity index (χ3v) is 7.86. The maximum Gasteiger partial charge on any atom is 0.406 e. The van der Waals surface area contributed by atoms with Gasteiger partial charge in [-0.25, -0.2) is 0 Å². The lowest BCUT2D eigenvalue weighted by molar-refractivity contribution is -0.140. The van der Waals surface area contributed by atoms with Crippen molar-refractivity contribution in [1.29, 1.82) is 5.26 Å². The predicted molar refractivity (Wildman–Crippen MR) is 158 cm³/mol. The number of methoxy groups -OCH3 is 1. The summed E-state index contributed by atoms with van der Waals surface area (Å²) in [5, 5.41) is 16.9. The molecule has 0 atom stereocenters. The second kappa shape index (κ2) is 12.4. The van der Waals surface area contributed by atoms with E-state index in [9.17, 15) is 18.4 Å². The average molecular weight is 566 g/mol. The highest BCUT2D eigenvalue weighted by Crippen LogP contribution is 2.33. The Hall–Kier alpha value is -3.82. The summed E-state index contributed by atoms with van der Waals surface area (Å²) in [6.07, 6.45) is -0.189. The van der Waals surface area contributed by atoms with Crippen LogP contribution in [-0.2, 0) is 12.0 Å². The molecule has 1 heterocycles. The quantitative estimate of drug-likeness (QED) is 0.296. The Balaban J connectivity index is 1.56. The highest BCUT2D eigenvalue weighted by Gasteiger charge is 2.30. The van der Waals surface area contributed by atoms with Crippen LogP contribution >= 0.6 is 0 Å². The summed E-state index contributed by atoms with van der Waals surface area (Å²) in [6, 6.07) is 15.8. The Labute approximate surface area is 240 Å². The summed E-state index contributed by atoms with van der Waals surface area (Å²) < 4.78 is 47.5. The molecular formula is C32H38F3N5O. The fourth-order valence-corrected chi connectivity index (χ4v) is 5.38. The van der Waals surface area contributed by atoms with Crippen molar-refractivity contribution in [3.8, 4) is 23.7 Å². The number of hydrogen-bond donors (Lipinski definition) is 2. The highest BCUT2D eigenvalue weighted by atomic mass is 19.4. The zero-order chi connectivity index (χ0) is 29.8. The van der Waals surface area contributed by atoms with Crippen molar-refractivity contribution in [3.63, 3.8) is 0 Å². The average Bonchev–Trinajstić information content (AvgIpc) is 3.27. The molecule has 0 bridgehead atoms. The Kier molecular flexibility index (Phi) is 9.09. The normalized spacial score (nSPS) is 17.6. The fraction of sp³-hybridized carbons (Fsp3) is 0.469. The molecule has 0 unspecified atom stereocenters. The molecule has 1 aromatic heterocycles. The van der Waals surface area contributed by atoms with E-state index in [4.69, 9.17) is 4.74 Å². The maximum absolute atomic E-state index is 13.6. The van der Waals surface area contributed by atoms with Gasteiger partial charge in [-0.15, -0.1) is 0 Å². The lowest BCUT2D eigenvalue weighted by Crippen LogP contribution is -2.36. The number of anilines is 2. The molecule has 2 N–H and O–H groups in total. The predicted octanol–water partition coefficient (Wildman–Crippen LogP) is 6.76. The standard InChI is InChI=1S/C32H38F3N5O/c1-31(2,20-36)22-11-16-28(30(18-22)41-5)37-17-7-8-25-19-26-27(38-23-12-14-24(15-13-23)39(3)4)9-6-10-29(26)40(25)21-32(33,34)35/h6,9-11,16,18-19,23-24,37-38H,12-15,17,21H2,1-5H3/t23-,24+. The van der Waals surface area contributed by atoms with Gasteiger partial charge in [0.2, 0.25) is 0 Å². The molecule has 4 rings (SSSR count). The molecule has 6 nitrogen and oxygen atoms in total. The Morgan fingerprint density at radius 1 is 1.05 bits per heavy atom. The molecular weight excluding hydrogens is 527 g/mol. The smallest absolute Gasteiger partial charge is 0.406 e. The molecule has 1 aliphatic rings. The van der Waals surface area contributed by atoms with Gasteiger partial charge in [-0.2, -0.15) is 18.4 Å². The Bertz CT molecular complexity index is 1460. The number of nitrogens with zero attached hydrogens (tertiary/aromatic N) is 3. The number of fused-ring (bicyclic) bond motifs is 1. The van der Waals surface area contributed by atoms with Gasteiger partial charge in [0.25, 0.3) is 0 Å². The molecule has 0 aliphatic heterocycles. The number of halogens is 3. The van der Waals surface area contributed by atoms with Crippen molar-refractivity contribution in [2.75, 3.05) is 38.4 Å².